The zero-order valence-electron chi connectivity index (χ0n) is 12.0. The molecule has 19 heavy (non-hydrogen) atoms. The molecule has 4 heteroatoms. The van der Waals surface area contributed by atoms with Crippen LogP contribution >= 0.6 is 0 Å². The van der Waals surface area contributed by atoms with E-state index in [1.54, 1.807) is 7.11 Å². The number of carbonyl (C=O) groups excluding carboxylic acids is 1. The predicted molar refractivity (Wildman–Crippen MR) is 75.5 cm³/mol. The molecule has 0 atom stereocenters. The first-order chi connectivity index (χ1) is 9.21. The highest BCUT2D eigenvalue weighted by molar-refractivity contribution is 5.75. The number of unbranched alkanes of at least 4 members (excludes halogenated alkanes) is 1. The number of hydrogen-bond donors (Lipinski definition) is 1. The summed E-state index contributed by atoms with van der Waals surface area (Å²) in [6, 6.07) is 5.74. The van der Waals surface area contributed by atoms with Gasteiger partial charge in [0.05, 0.1) is 13.7 Å². The van der Waals surface area contributed by atoms with Crippen molar-refractivity contribution in [1.82, 2.24) is 5.32 Å². The van der Waals surface area contributed by atoms with Gasteiger partial charge in [0.1, 0.15) is 0 Å². The quantitative estimate of drug-likeness (QED) is 0.735. The molecule has 0 bridgehead atoms. The fourth-order valence-corrected chi connectivity index (χ4v) is 1.59. The van der Waals surface area contributed by atoms with Crippen LogP contribution in [-0.4, -0.2) is 19.6 Å². The Bertz CT molecular complexity index is 404. The normalized spacial score (nSPS) is 10.1. The Kier molecular flexibility index (Phi) is 6.79. The topological polar surface area (TPSA) is 47.6 Å². The minimum atomic E-state index is 0.0437. The van der Waals surface area contributed by atoms with Crippen LogP contribution in [0.4, 0.5) is 0 Å². The first kappa shape index (κ1) is 15.3. The van der Waals surface area contributed by atoms with Gasteiger partial charge in [-0.05, 0) is 24.1 Å². The molecule has 1 N–H and O–H groups in total. The van der Waals surface area contributed by atoms with E-state index in [4.69, 9.17) is 9.47 Å². The lowest BCUT2D eigenvalue weighted by atomic mass is 10.2. The van der Waals surface area contributed by atoms with Crippen molar-refractivity contribution in [2.45, 2.75) is 39.7 Å². The molecule has 0 unspecified atom stereocenters. The molecule has 0 spiro atoms. The highest BCUT2D eigenvalue weighted by Gasteiger charge is 2.06. The van der Waals surface area contributed by atoms with Crippen LogP contribution < -0.4 is 14.8 Å². The van der Waals surface area contributed by atoms with Gasteiger partial charge in [0, 0.05) is 13.0 Å². The molecule has 0 saturated heterocycles. The van der Waals surface area contributed by atoms with Gasteiger partial charge in [0.2, 0.25) is 5.91 Å². The highest BCUT2D eigenvalue weighted by Crippen LogP contribution is 2.28. The van der Waals surface area contributed by atoms with E-state index >= 15 is 0 Å². The van der Waals surface area contributed by atoms with Crippen LogP contribution in [0.1, 0.15) is 38.7 Å². The van der Waals surface area contributed by atoms with Crippen molar-refractivity contribution < 1.29 is 14.3 Å². The van der Waals surface area contributed by atoms with Gasteiger partial charge >= 0.3 is 0 Å². The van der Waals surface area contributed by atoms with Crippen LogP contribution in [0.5, 0.6) is 11.5 Å². The molecule has 0 radical (unpaired) electrons. The summed E-state index contributed by atoms with van der Waals surface area (Å²) in [4.78, 5) is 11.2. The number of hydrogen-bond acceptors (Lipinski definition) is 3. The molecule has 4 nitrogen and oxygen atoms in total. The predicted octanol–water partition coefficient (Wildman–Crippen LogP) is 2.90. The van der Waals surface area contributed by atoms with E-state index in [0.29, 0.717) is 25.3 Å². The minimum absolute atomic E-state index is 0.0437. The largest absolute Gasteiger partial charge is 0.493 e. The molecular formula is C15H23NO3. The van der Waals surface area contributed by atoms with Crippen molar-refractivity contribution in [2.24, 2.45) is 0 Å². The van der Waals surface area contributed by atoms with Gasteiger partial charge in [-0.15, -0.1) is 0 Å². The van der Waals surface area contributed by atoms with Gasteiger partial charge in [-0.25, -0.2) is 0 Å². The Morgan fingerprint density at radius 2 is 2.05 bits per heavy atom. The van der Waals surface area contributed by atoms with Gasteiger partial charge in [-0.1, -0.05) is 26.3 Å². The van der Waals surface area contributed by atoms with Crippen LogP contribution in [0.25, 0.3) is 0 Å². The summed E-state index contributed by atoms with van der Waals surface area (Å²) in [5, 5.41) is 2.84. The fraction of sp³-hybridized carbons (Fsp3) is 0.533. The molecule has 0 aliphatic heterocycles. The zero-order valence-corrected chi connectivity index (χ0v) is 12.0. The molecule has 0 aliphatic rings. The zero-order chi connectivity index (χ0) is 14.1. The Labute approximate surface area is 115 Å². The Hall–Kier alpha value is -1.71. The number of carbonyl (C=O) groups is 1. The molecule has 0 aromatic heterocycles. The number of amides is 1. The van der Waals surface area contributed by atoms with Crippen molar-refractivity contribution in [3.05, 3.63) is 23.8 Å². The maximum atomic E-state index is 11.2. The summed E-state index contributed by atoms with van der Waals surface area (Å²) in [5.41, 5.74) is 1.00. The summed E-state index contributed by atoms with van der Waals surface area (Å²) in [7, 11) is 1.62. The molecule has 1 aromatic rings. The summed E-state index contributed by atoms with van der Waals surface area (Å²) in [5.74, 6) is 1.50. The summed E-state index contributed by atoms with van der Waals surface area (Å²) in [6.45, 7) is 5.16. The first-order valence-corrected chi connectivity index (χ1v) is 6.77. The lowest BCUT2D eigenvalue weighted by molar-refractivity contribution is -0.120. The van der Waals surface area contributed by atoms with Crippen molar-refractivity contribution in [1.29, 1.82) is 0 Å². The van der Waals surface area contributed by atoms with Crippen LogP contribution in [0.2, 0.25) is 0 Å². The third-order valence-electron chi connectivity index (χ3n) is 2.79. The Morgan fingerprint density at radius 3 is 2.68 bits per heavy atom. The average molecular weight is 265 g/mol. The molecule has 0 saturated carbocycles. The molecule has 1 rings (SSSR count). The first-order valence-electron chi connectivity index (χ1n) is 6.77. The van der Waals surface area contributed by atoms with E-state index in [2.05, 4.69) is 12.2 Å². The number of nitrogens with one attached hydrogen (secondary N) is 1. The number of rotatable bonds is 8. The van der Waals surface area contributed by atoms with Gasteiger partial charge < -0.3 is 14.8 Å². The standard InChI is InChI=1S/C15H23NO3/c1-4-6-9-19-13-8-7-12(10-14(13)18-3)11-16-15(17)5-2/h7-8,10H,4-6,9,11H2,1-3H3,(H,16,17). The van der Waals surface area contributed by atoms with Crippen molar-refractivity contribution in [2.75, 3.05) is 13.7 Å². The highest BCUT2D eigenvalue weighted by atomic mass is 16.5. The van der Waals surface area contributed by atoms with Crippen LogP contribution in [0, 0.1) is 0 Å². The number of methoxy groups -OCH3 is 1. The number of benzene rings is 1. The molecule has 0 aliphatic carbocycles. The second-order valence-electron chi connectivity index (χ2n) is 4.32. The summed E-state index contributed by atoms with van der Waals surface area (Å²) < 4.78 is 11.0. The van der Waals surface area contributed by atoms with E-state index < -0.39 is 0 Å². The monoisotopic (exact) mass is 265 g/mol. The molecule has 106 valence electrons. The molecular weight excluding hydrogens is 242 g/mol. The van der Waals surface area contributed by atoms with E-state index in [0.717, 1.165) is 24.2 Å². The van der Waals surface area contributed by atoms with Crippen LogP contribution in [0.3, 0.4) is 0 Å². The summed E-state index contributed by atoms with van der Waals surface area (Å²) in [6.07, 6.45) is 2.62. The lowest BCUT2D eigenvalue weighted by Gasteiger charge is -2.12. The van der Waals surface area contributed by atoms with E-state index in [9.17, 15) is 4.79 Å². The third-order valence-corrected chi connectivity index (χ3v) is 2.79. The van der Waals surface area contributed by atoms with E-state index in [-0.39, 0.29) is 5.91 Å². The Morgan fingerprint density at radius 1 is 1.26 bits per heavy atom. The molecule has 1 amide bonds. The third kappa shape index (κ3) is 5.20. The fourth-order valence-electron chi connectivity index (χ4n) is 1.59. The lowest BCUT2D eigenvalue weighted by Crippen LogP contribution is -2.21. The second-order valence-corrected chi connectivity index (χ2v) is 4.32. The minimum Gasteiger partial charge on any atom is -0.493 e. The molecule has 1 aromatic carbocycles. The maximum absolute atomic E-state index is 11.2. The maximum Gasteiger partial charge on any atom is 0.219 e. The smallest absolute Gasteiger partial charge is 0.219 e. The van der Waals surface area contributed by atoms with Crippen molar-refractivity contribution >= 4 is 5.91 Å². The Balaban J connectivity index is 2.64. The van der Waals surface area contributed by atoms with Gasteiger partial charge in [-0.3, -0.25) is 4.79 Å². The average Bonchev–Trinajstić information content (AvgIpc) is 2.45. The van der Waals surface area contributed by atoms with Gasteiger partial charge in [-0.2, -0.15) is 0 Å². The van der Waals surface area contributed by atoms with Crippen molar-refractivity contribution in [3.8, 4) is 11.5 Å². The number of ether oxygens (including phenoxy) is 2. The van der Waals surface area contributed by atoms with E-state index in [1.807, 2.05) is 25.1 Å². The van der Waals surface area contributed by atoms with Crippen molar-refractivity contribution in [3.63, 3.8) is 0 Å². The SMILES string of the molecule is CCCCOc1ccc(CNC(=O)CC)cc1OC. The van der Waals surface area contributed by atoms with E-state index in [1.165, 1.54) is 0 Å². The second kappa shape index (κ2) is 8.40. The van der Waals surface area contributed by atoms with Crippen LogP contribution in [-0.2, 0) is 11.3 Å². The molecule has 0 fully saturated rings. The summed E-state index contributed by atoms with van der Waals surface area (Å²) >= 11 is 0. The molecule has 0 heterocycles. The van der Waals surface area contributed by atoms with Gasteiger partial charge in [0.15, 0.2) is 11.5 Å². The van der Waals surface area contributed by atoms with Gasteiger partial charge in [0.25, 0.3) is 0 Å². The van der Waals surface area contributed by atoms with Crippen LogP contribution in [0.15, 0.2) is 18.2 Å².